The van der Waals surface area contributed by atoms with Crippen LogP contribution < -0.4 is 10.1 Å². The number of ether oxygens (including phenoxy) is 1. The summed E-state index contributed by atoms with van der Waals surface area (Å²) in [4.78, 5) is 9.53. The second kappa shape index (κ2) is 8.61. The monoisotopic (exact) mass is 393 g/mol. The van der Waals surface area contributed by atoms with Crippen LogP contribution in [0, 0.1) is 0 Å². The molecule has 5 heteroatoms. The first kappa shape index (κ1) is 18.8. The van der Waals surface area contributed by atoms with Gasteiger partial charge in [-0.3, -0.25) is 0 Å². The highest BCUT2D eigenvalue weighted by Gasteiger charge is 2.16. The van der Waals surface area contributed by atoms with Crippen molar-refractivity contribution in [3.63, 3.8) is 0 Å². The normalized spacial score (nSPS) is 15.2. The Bertz CT molecular complexity index is 979. The van der Waals surface area contributed by atoms with Crippen molar-refractivity contribution < 1.29 is 4.74 Å². The lowest BCUT2D eigenvalue weighted by atomic mass is 9.95. The topological polar surface area (TPSA) is 47.0 Å². The van der Waals surface area contributed by atoms with Gasteiger partial charge in [-0.05, 0) is 54.8 Å². The molecule has 3 aromatic rings. The second-order valence-electron chi connectivity index (χ2n) is 7.18. The number of hydrogen-bond donors (Lipinski definition) is 1. The molecule has 0 spiro atoms. The summed E-state index contributed by atoms with van der Waals surface area (Å²) in [6.45, 7) is 0. The van der Waals surface area contributed by atoms with Gasteiger partial charge in [0.15, 0.2) is 5.82 Å². The first-order valence-electron chi connectivity index (χ1n) is 9.77. The molecule has 0 atom stereocenters. The minimum atomic E-state index is 0.464. The third-order valence-corrected chi connectivity index (χ3v) is 5.41. The molecule has 1 N–H and O–H groups in total. The van der Waals surface area contributed by atoms with E-state index in [9.17, 15) is 0 Å². The van der Waals surface area contributed by atoms with Gasteiger partial charge < -0.3 is 10.1 Å². The number of rotatable bonds is 5. The number of fused-ring (bicyclic) bond motifs is 1. The lowest BCUT2D eigenvalue weighted by molar-refractivity contribution is 0.415. The fraction of sp³-hybridized carbons (Fsp3) is 0.304. The highest BCUT2D eigenvalue weighted by molar-refractivity contribution is 6.30. The van der Waals surface area contributed by atoms with E-state index in [0.29, 0.717) is 11.9 Å². The van der Waals surface area contributed by atoms with Crippen LogP contribution in [0.4, 0.5) is 5.82 Å². The van der Waals surface area contributed by atoms with Gasteiger partial charge in [0, 0.05) is 16.5 Å². The van der Waals surface area contributed by atoms with E-state index < -0.39 is 0 Å². The van der Waals surface area contributed by atoms with E-state index in [1.54, 1.807) is 7.11 Å². The van der Waals surface area contributed by atoms with Crippen LogP contribution in [0.2, 0.25) is 5.02 Å². The van der Waals surface area contributed by atoms with Crippen molar-refractivity contribution in [2.75, 3.05) is 12.4 Å². The number of aromatic nitrogens is 2. The maximum Gasteiger partial charge on any atom is 0.154 e. The average molecular weight is 394 g/mol. The lowest BCUT2D eigenvalue weighted by Crippen LogP contribution is -2.23. The Hall–Kier alpha value is -2.59. The van der Waals surface area contributed by atoms with Crippen molar-refractivity contribution in [2.24, 2.45) is 0 Å². The van der Waals surface area contributed by atoms with Crippen LogP contribution in [0.25, 0.3) is 23.1 Å². The minimum Gasteiger partial charge on any atom is -0.497 e. The van der Waals surface area contributed by atoms with Gasteiger partial charge in [0.1, 0.15) is 11.6 Å². The standard InChI is InChI=1S/C23H24ClN3O/c1-28-19-12-13-21-20(15-19)23(25-18-5-3-2-4-6-18)27-22(26-21)14-9-16-7-10-17(24)11-8-16/h7-15,18H,2-6H2,1H3,(H,25,26,27)/b14-9+. The van der Waals surface area contributed by atoms with Crippen LogP contribution in [0.5, 0.6) is 5.75 Å². The molecule has 1 saturated carbocycles. The zero-order valence-corrected chi connectivity index (χ0v) is 16.7. The predicted octanol–water partition coefficient (Wildman–Crippen LogP) is 6.21. The van der Waals surface area contributed by atoms with Gasteiger partial charge in [0.05, 0.1) is 12.6 Å². The Morgan fingerprint density at radius 3 is 2.54 bits per heavy atom. The summed E-state index contributed by atoms with van der Waals surface area (Å²) in [5.41, 5.74) is 1.97. The highest BCUT2D eigenvalue weighted by Crippen LogP contribution is 2.28. The van der Waals surface area contributed by atoms with Gasteiger partial charge in [-0.15, -0.1) is 0 Å². The molecule has 4 nitrogen and oxygen atoms in total. The molecule has 144 valence electrons. The van der Waals surface area contributed by atoms with E-state index in [-0.39, 0.29) is 0 Å². The van der Waals surface area contributed by atoms with Gasteiger partial charge in [-0.2, -0.15) is 0 Å². The largest absolute Gasteiger partial charge is 0.497 e. The summed E-state index contributed by atoms with van der Waals surface area (Å²) in [5.74, 6) is 2.38. The molecular formula is C23H24ClN3O. The lowest BCUT2D eigenvalue weighted by Gasteiger charge is -2.24. The van der Waals surface area contributed by atoms with Crippen molar-refractivity contribution in [2.45, 2.75) is 38.1 Å². The maximum absolute atomic E-state index is 5.96. The maximum atomic E-state index is 5.96. The summed E-state index contributed by atoms with van der Waals surface area (Å²) < 4.78 is 5.40. The van der Waals surface area contributed by atoms with Gasteiger partial charge in [0.25, 0.3) is 0 Å². The molecular weight excluding hydrogens is 370 g/mol. The van der Waals surface area contributed by atoms with Gasteiger partial charge in [-0.25, -0.2) is 9.97 Å². The van der Waals surface area contributed by atoms with Crippen molar-refractivity contribution in [1.82, 2.24) is 9.97 Å². The average Bonchev–Trinajstić information content (AvgIpc) is 2.74. The van der Waals surface area contributed by atoms with Crippen LogP contribution in [-0.2, 0) is 0 Å². The van der Waals surface area contributed by atoms with Crippen LogP contribution in [-0.4, -0.2) is 23.1 Å². The molecule has 0 unspecified atom stereocenters. The molecule has 1 fully saturated rings. The third kappa shape index (κ3) is 4.45. The molecule has 1 heterocycles. The first-order chi connectivity index (χ1) is 13.7. The summed E-state index contributed by atoms with van der Waals surface area (Å²) in [6, 6.07) is 14.1. The van der Waals surface area contributed by atoms with Crippen LogP contribution >= 0.6 is 11.6 Å². The van der Waals surface area contributed by atoms with E-state index in [1.165, 1.54) is 32.1 Å². The Labute approximate surface area is 170 Å². The molecule has 0 saturated heterocycles. The highest BCUT2D eigenvalue weighted by atomic mass is 35.5. The fourth-order valence-corrected chi connectivity index (χ4v) is 3.75. The summed E-state index contributed by atoms with van der Waals surface area (Å²) in [7, 11) is 1.68. The summed E-state index contributed by atoms with van der Waals surface area (Å²) in [6.07, 6.45) is 10.2. The van der Waals surface area contributed by atoms with Crippen molar-refractivity contribution in [1.29, 1.82) is 0 Å². The molecule has 0 bridgehead atoms. The smallest absolute Gasteiger partial charge is 0.154 e. The molecule has 2 aromatic carbocycles. The molecule has 0 radical (unpaired) electrons. The first-order valence-corrected chi connectivity index (χ1v) is 10.1. The quantitative estimate of drug-likeness (QED) is 0.560. The van der Waals surface area contributed by atoms with Gasteiger partial charge in [0.2, 0.25) is 0 Å². The van der Waals surface area contributed by atoms with Crippen molar-refractivity contribution in [3.8, 4) is 5.75 Å². The fourth-order valence-electron chi connectivity index (χ4n) is 3.62. The van der Waals surface area contributed by atoms with E-state index in [2.05, 4.69) is 5.32 Å². The number of benzene rings is 2. The minimum absolute atomic E-state index is 0.464. The van der Waals surface area contributed by atoms with Crippen LogP contribution in [0.15, 0.2) is 42.5 Å². The molecule has 0 aliphatic heterocycles. The summed E-state index contributed by atoms with van der Waals surface area (Å²) >= 11 is 5.96. The Balaban J connectivity index is 1.69. The van der Waals surface area contributed by atoms with Crippen LogP contribution in [0.1, 0.15) is 43.5 Å². The molecule has 0 amide bonds. The zero-order chi connectivity index (χ0) is 19.3. The Morgan fingerprint density at radius 2 is 1.79 bits per heavy atom. The third-order valence-electron chi connectivity index (χ3n) is 5.16. The zero-order valence-electron chi connectivity index (χ0n) is 16.0. The molecule has 28 heavy (non-hydrogen) atoms. The van der Waals surface area contributed by atoms with E-state index in [0.717, 1.165) is 33.1 Å². The Morgan fingerprint density at radius 1 is 1.00 bits per heavy atom. The van der Waals surface area contributed by atoms with E-state index in [4.69, 9.17) is 26.3 Å². The SMILES string of the molecule is COc1ccc2nc(/C=C/c3ccc(Cl)cc3)nc(NC3CCCCC3)c2c1. The predicted molar refractivity (Wildman–Crippen MR) is 117 cm³/mol. The summed E-state index contributed by atoms with van der Waals surface area (Å²) in [5, 5.41) is 5.39. The van der Waals surface area contributed by atoms with E-state index in [1.807, 2.05) is 54.6 Å². The second-order valence-corrected chi connectivity index (χ2v) is 7.61. The number of methoxy groups -OCH3 is 1. The van der Waals surface area contributed by atoms with E-state index >= 15 is 0 Å². The number of anilines is 1. The Kier molecular flexibility index (Phi) is 5.77. The number of halogens is 1. The molecule has 1 aromatic heterocycles. The number of nitrogens with one attached hydrogen (secondary N) is 1. The van der Waals surface area contributed by atoms with Gasteiger partial charge >= 0.3 is 0 Å². The van der Waals surface area contributed by atoms with Crippen LogP contribution in [0.3, 0.4) is 0 Å². The molecule has 1 aliphatic rings. The molecule has 4 rings (SSSR count). The van der Waals surface area contributed by atoms with Gasteiger partial charge in [-0.1, -0.05) is 49.1 Å². The number of hydrogen-bond acceptors (Lipinski definition) is 4. The van der Waals surface area contributed by atoms with Crippen molar-refractivity contribution >= 4 is 40.5 Å². The van der Waals surface area contributed by atoms with Crippen molar-refractivity contribution in [3.05, 3.63) is 58.9 Å². The number of nitrogens with zero attached hydrogens (tertiary/aromatic N) is 2. The molecule has 1 aliphatic carbocycles.